The Bertz CT molecular complexity index is 411. The molecule has 0 amide bonds. The van der Waals surface area contributed by atoms with Crippen LogP contribution in [0.25, 0.3) is 0 Å². The number of aliphatic hydroxyl groups excluding tert-OH is 1. The van der Waals surface area contributed by atoms with E-state index in [2.05, 4.69) is 47.0 Å². The number of rotatable bonds is 10. The van der Waals surface area contributed by atoms with Crippen molar-refractivity contribution in [2.75, 3.05) is 0 Å². The molecule has 0 bridgehead atoms. The van der Waals surface area contributed by atoms with Gasteiger partial charge in [-0.25, -0.2) is 0 Å². The molecule has 0 aliphatic heterocycles. The van der Waals surface area contributed by atoms with Gasteiger partial charge in [-0.3, -0.25) is 0 Å². The van der Waals surface area contributed by atoms with Gasteiger partial charge in [0, 0.05) is 6.10 Å². The second-order valence-electron chi connectivity index (χ2n) is 9.41. The van der Waals surface area contributed by atoms with Crippen LogP contribution in [0.3, 0.4) is 0 Å². The molecule has 3 heteroatoms. The molecule has 2 fully saturated rings. The largest absolute Gasteiger partial charge is 0.414 e. The van der Waals surface area contributed by atoms with Gasteiger partial charge in [0.25, 0.3) is 0 Å². The van der Waals surface area contributed by atoms with Gasteiger partial charge in [0.2, 0.25) is 0 Å². The van der Waals surface area contributed by atoms with Gasteiger partial charge in [0.15, 0.2) is 8.32 Å². The zero-order chi connectivity index (χ0) is 19.1. The molecule has 0 spiro atoms. The van der Waals surface area contributed by atoms with Crippen molar-refractivity contribution in [2.45, 2.75) is 102 Å². The predicted molar refractivity (Wildman–Crippen MR) is 112 cm³/mol. The molecule has 2 rings (SSSR count). The lowest BCUT2D eigenvalue weighted by Gasteiger charge is -2.36. The highest BCUT2D eigenvalue weighted by Crippen LogP contribution is 2.45. The molecule has 0 saturated heterocycles. The fourth-order valence-corrected chi connectivity index (χ4v) is 4.21. The molecule has 0 aromatic carbocycles. The van der Waals surface area contributed by atoms with Crippen LogP contribution in [-0.4, -0.2) is 25.6 Å². The zero-order valence-electron chi connectivity index (χ0n) is 17.4. The van der Waals surface area contributed by atoms with Crippen LogP contribution in [0.4, 0.5) is 0 Å². The van der Waals surface area contributed by atoms with Gasteiger partial charge in [-0.2, -0.15) is 0 Å². The summed E-state index contributed by atoms with van der Waals surface area (Å²) in [4.78, 5) is 0. The standard InChI is InChI=1S/C14H28OSi.C8H14O/c1-7-8-9-10-12-11-13(12)15-16(5,6)14(2,3)4;1-2-3-4-5-7-6-8(7)9/h7,12-13H,1,8-11H2,2-6H3;2,7-9H,1,3-6H2/t12-,13-;7-,8-/m11/s1. The molecule has 0 radical (unpaired) electrons. The minimum atomic E-state index is -1.51. The van der Waals surface area contributed by atoms with Gasteiger partial charge in [-0.1, -0.05) is 32.9 Å². The molecule has 146 valence electrons. The lowest BCUT2D eigenvalue weighted by atomic mass is 10.2. The number of unbranched alkanes of at least 4 members (excludes halogenated alkanes) is 2. The van der Waals surface area contributed by atoms with Crippen LogP contribution in [0.5, 0.6) is 0 Å². The van der Waals surface area contributed by atoms with E-state index in [0.717, 1.165) is 25.2 Å². The van der Waals surface area contributed by atoms with Crippen molar-refractivity contribution < 1.29 is 9.53 Å². The van der Waals surface area contributed by atoms with Gasteiger partial charge in [-0.15, -0.1) is 13.2 Å². The highest BCUT2D eigenvalue weighted by atomic mass is 28.4. The summed E-state index contributed by atoms with van der Waals surface area (Å²) in [6, 6.07) is 0. The van der Waals surface area contributed by atoms with Crippen molar-refractivity contribution in [1.82, 2.24) is 0 Å². The monoisotopic (exact) mass is 366 g/mol. The second kappa shape index (κ2) is 10.1. The fourth-order valence-electron chi connectivity index (χ4n) is 2.81. The minimum Gasteiger partial charge on any atom is -0.414 e. The Hall–Kier alpha value is -0.383. The molecule has 2 aliphatic carbocycles. The quantitative estimate of drug-likeness (QED) is 0.272. The molecule has 0 unspecified atom stereocenters. The Balaban J connectivity index is 0.000000293. The van der Waals surface area contributed by atoms with Gasteiger partial charge < -0.3 is 9.53 Å². The molecule has 2 saturated carbocycles. The van der Waals surface area contributed by atoms with E-state index >= 15 is 0 Å². The summed E-state index contributed by atoms with van der Waals surface area (Å²) in [5.74, 6) is 1.47. The van der Waals surface area contributed by atoms with E-state index in [4.69, 9.17) is 9.53 Å². The SMILES string of the molecule is C=CCCC[C@@H]1C[C@H]1O.C=CCCC[C@@H]1C[C@H]1O[Si](C)(C)C(C)(C)C. The summed E-state index contributed by atoms with van der Waals surface area (Å²) in [5.41, 5.74) is 0. The topological polar surface area (TPSA) is 29.5 Å². The van der Waals surface area contributed by atoms with Crippen LogP contribution in [0.2, 0.25) is 18.1 Å². The number of allylic oxidation sites excluding steroid dienone is 2. The van der Waals surface area contributed by atoms with Crippen molar-refractivity contribution in [3.8, 4) is 0 Å². The first kappa shape index (κ1) is 22.7. The van der Waals surface area contributed by atoms with E-state index in [1.54, 1.807) is 0 Å². The molecule has 0 heterocycles. The Morgan fingerprint density at radius 3 is 1.88 bits per heavy atom. The smallest absolute Gasteiger partial charge is 0.192 e. The van der Waals surface area contributed by atoms with Crippen LogP contribution < -0.4 is 0 Å². The maximum Gasteiger partial charge on any atom is 0.192 e. The Morgan fingerprint density at radius 2 is 1.48 bits per heavy atom. The van der Waals surface area contributed by atoms with Gasteiger partial charge >= 0.3 is 0 Å². The highest BCUT2D eigenvalue weighted by Gasteiger charge is 2.46. The molecule has 0 aromatic heterocycles. The van der Waals surface area contributed by atoms with Crippen molar-refractivity contribution in [1.29, 1.82) is 0 Å². The van der Waals surface area contributed by atoms with E-state index in [-0.39, 0.29) is 6.10 Å². The molecular weight excluding hydrogens is 324 g/mol. The lowest BCUT2D eigenvalue weighted by molar-refractivity contribution is 0.254. The third-order valence-electron chi connectivity index (χ3n) is 5.96. The van der Waals surface area contributed by atoms with Gasteiger partial charge in [0.1, 0.15) is 0 Å². The Kier molecular flexibility index (Phi) is 9.14. The summed E-state index contributed by atoms with van der Waals surface area (Å²) in [6.07, 6.45) is 14.2. The summed E-state index contributed by atoms with van der Waals surface area (Å²) in [7, 11) is -1.51. The van der Waals surface area contributed by atoms with Crippen LogP contribution in [0.1, 0.15) is 72.1 Å². The number of hydrogen-bond donors (Lipinski definition) is 1. The number of hydrogen-bond acceptors (Lipinski definition) is 2. The molecule has 25 heavy (non-hydrogen) atoms. The first-order valence-corrected chi connectivity index (χ1v) is 13.1. The van der Waals surface area contributed by atoms with Gasteiger partial charge in [-0.05, 0) is 81.3 Å². The summed E-state index contributed by atoms with van der Waals surface area (Å²) in [5, 5.41) is 9.25. The predicted octanol–water partition coefficient (Wildman–Crippen LogP) is 6.48. The lowest BCUT2D eigenvalue weighted by Crippen LogP contribution is -2.41. The molecule has 1 N–H and O–H groups in total. The first-order chi connectivity index (χ1) is 11.6. The fraction of sp³-hybridized carbons (Fsp3) is 0.818. The van der Waals surface area contributed by atoms with E-state index in [9.17, 15) is 0 Å². The van der Waals surface area contributed by atoms with E-state index in [1.165, 1.54) is 32.1 Å². The average Bonchev–Trinajstić information content (AvgIpc) is 3.39. The summed E-state index contributed by atoms with van der Waals surface area (Å²) >= 11 is 0. The molecule has 2 aliphatic rings. The normalized spacial score (nSPS) is 27.9. The molecule has 0 aromatic rings. The van der Waals surface area contributed by atoms with Crippen molar-refractivity contribution in [3.05, 3.63) is 25.3 Å². The maximum atomic E-state index is 8.90. The zero-order valence-corrected chi connectivity index (χ0v) is 18.4. The Labute approximate surface area is 157 Å². The molecular formula is C22H42O2Si. The average molecular weight is 367 g/mol. The first-order valence-electron chi connectivity index (χ1n) is 10.2. The third-order valence-corrected chi connectivity index (χ3v) is 10.5. The summed E-state index contributed by atoms with van der Waals surface area (Å²) in [6.45, 7) is 19.0. The van der Waals surface area contributed by atoms with E-state index in [1.807, 2.05) is 12.2 Å². The van der Waals surface area contributed by atoms with Crippen LogP contribution >= 0.6 is 0 Å². The highest BCUT2D eigenvalue weighted by molar-refractivity contribution is 6.74. The number of aliphatic hydroxyl groups is 1. The second-order valence-corrected chi connectivity index (χ2v) is 14.2. The Morgan fingerprint density at radius 1 is 1.00 bits per heavy atom. The van der Waals surface area contributed by atoms with Crippen LogP contribution in [0, 0.1) is 11.8 Å². The van der Waals surface area contributed by atoms with E-state index in [0.29, 0.717) is 17.1 Å². The molecule has 2 nitrogen and oxygen atoms in total. The van der Waals surface area contributed by atoms with Crippen molar-refractivity contribution >= 4 is 8.32 Å². The van der Waals surface area contributed by atoms with Crippen molar-refractivity contribution in [3.63, 3.8) is 0 Å². The van der Waals surface area contributed by atoms with Gasteiger partial charge in [0.05, 0.1) is 6.10 Å². The minimum absolute atomic E-state index is 0.0369. The molecule has 4 atom stereocenters. The summed E-state index contributed by atoms with van der Waals surface area (Å²) < 4.78 is 6.37. The maximum absolute atomic E-state index is 8.90. The van der Waals surface area contributed by atoms with Crippen LogP contribution in [0.15, 0.2) is 25.3 Å². The third kappa shape index (κ3) is 8.70. The van der Waals surface area contributed by atoms with E-state index < -0.39 is 8.32 Å². The van der Waals surface area contributed by atoms with Crippen molar-refractivity contribution in [2.24, 2.45) is 11.8 Å². The van der Waals surface area contributed by atoms with Crippen LogP contribution in [-0.2, 0) is 4.43 Å².